The fourth-order valence-corrected chi connectivity index (χ4v) is 2.64. The van der Waals surface area contributed by atoms with E-state index in [1.165, 1.54) is 13.0 Å². The second-order valence-corrected chi connectivity index (χ2v) is 7.41. The molecule has 0 radical (unpaired) electrons. The minimum Gasteiger partial charge on any atom is -0.545 e. The van der Waals surface area contributed by atoms with Gasteiger partial charge in [0.15, 0.2) is 0 Å². The van der Waals surface area contributed by atoms with E-state index < -0.39 is 23.8 Å². The molecule has 0 spiro atoms. The van der Waals surface area contributed by atoms with Gasteiger partial charge in [0.05, 0.1) is 17.6 Å². The van der Waals surface area contributed by atoms with E-state index >= 15 is 0 Å². The van der Waals surface area contributed by atoms with E-state index in [0.29, 0.717) is 0 Å². The molecule has 1 atom stereocenters. The van der Waals surface area contributed by atoms with Crippen LogP contribution in [0.5, 0.6) is 11.5 Å². The standard InChI is InChI=1S/C17H18ClF3O4/c1-8-12-9(6-11(18)13(8)24-7-16(2,3)4)5-10(15(22)23)14(25-12)17(19,20)21/h5-6,14H,7H2,1-4H3,(H,22,23)/p-1. The summed E-state index contributed by atoms with van der Waals surface area (Å²) in [4.78, 5) is 11.1. The maximum absolute atomic E-state index is 13.1. The molecule has 0 amide bonds. The van der Waals surface area contributed by atoms with Crippen LogP contribution in [0.3, 0.4) is 0 Å². The average molecular weight is 378 g/mol. The molecule has 1 aliphatic rings. The van der Waals surface area contributed by atoms with Gasteiger partial charge in [0.25, 0.3) is 0 Å². The first-order chi connectivity index (χ1) is 11.3. The molecule has 2 rings (SSSR count). The molecular formula is C17H17ClF3O4-. The molecule has 0 fully saturated rings. The van der Waals surface area contributed by atoms with Crippen molar-refractivity contribution in [3.8, 4) is 11.5 Å². The van der Waals surface area contributed by atoms with Crippen molar-refractivity contribution in [2.45, 2.75) is 40.0 Å². The van der Waals surface area contributed by atoms with E-state index in [1.807, 2.05) is 20.8 Å². The van der Waals surface area contributed by atoms with Gasteiger partial charge in [-0.15, -0.1) is 0 Å². The first kappa shape index (κ1) is 19.4. The number of ether oxygens (including phenoxy) is 2. The van der Waals surface area contributed by atoms with Crippen molar-refractivity contribution in [1.82, 2.24) is 0 Å². The number of benzene rings is 1. The smallest absolute Gasteiger partial charge is 0.429 e. The number of carboxylic acids is 1. The lowest BCUT2D eigenvalue weighted by atomic mass is 9.97. The Labute approximate surface area is 148 Å². The number of hydrogen-bond donors (Lipinski definition) is 0. The third kappa shape index (κ3) is 4.21. The van der Waals surface area contributed by atoms with Crippen molar-refractivity contribution < 1.29 is 32.5 Å². The zero-order valence-corrected chi connectivity index (χ0v) is 14.8. The summed E-state index contributed by atoms with van der Waals surface area (Å²) in [7, 11) is 0. The summed E-state index contributed by atoms with van der Waals surface area (Å²) in [6, 6.07) is 1.32. The summed E-state index contributed by atoms with van der Waals surface area (Å²) in [5.74, 6) is -1.85. The van der Waals surface area contributed by atoms with Crippen LogP contribution in [-0.4, -0.2) is 24.9 Å². The average Bonchev–Trinajstić information content (AvgIpc) is 2.43. The lowest BCUT2D eigenvalue weighted by Crippen LogP contribution is -2.44. The molecule has 138 valence electrons. The number of hydrogen-bond acceptors (Lipinski definition) is 4. The molecule has 25 heavy (non-hydrogen) atoms. The Balaban J connectivity index is 2.53. The summed E-state index contributed by atoms with van der Waals surface area (Å²) >= 11 is 6.15. The highest BCUT2D eigenvalue weighted by Crippen LogP contribution is 2.44. The van der Waals surface area contributed by atoms with Gasteiger partial charge in [-0.05, 0) is 24.5 Å². The molecule has 1 aliphatic heterocycles. The predicted octanol–water partition coefficient (Wildman–Crippen LogP) is 3.53. The first-order valence-electron chi connectivity index (χ1n) is 7.43. The molecule has 4 nitrogen and oxygen atoms in total. The van der Waals surface area contributed by atoms with Crippen LogP contribution in [0.1, 0.15) is 31.9 Å². The maximum atomic E-state index is 13.1. The third-order valence-electron chi connectivity index (χ3n) is 3.45. The van der Waals surface area contributed by atoms with Gasteiger partial charge in [0, 0.05) is 16.7 Å². The van der Waals surface area contributed by atoms with E-state index in [1.54, 1.807) is 0 Å². The number of aliphatic carboxylic acids is 1. The highest BCUT2D eigenvalue weighted by Gasteiger charge is 2.47. The summed E-state index contributed by atoms with van der Waals surface area (Å²) in [6.07, 6.45) is -6.64. The van der Waals surface area contributed by atoms with Gasteiger partial charge in [-0.2, -0.15) is 13.2 Å². The van der Waals surface area contributed by atoms with Crippen LogP contribution < -0.4 is 14.6 Å². The fourth-order valence-electron chi connectivity index (χ4n) is 2.33. The molecule has 0 bridgehead atoms. The molecular weight excluding hydrogens is 361 g/mol. The lowest BCUT2D eigenvalue weighted by Gasteiger charge is -2.31. The Hall–Kier alpha value is -1.89. The van der Waals surface area contributed by atoms with E-state index in [9.17, 15) is 23.1 Å². The highest BCUT2D eigenvalue weighted by molar-refractivity contribution is 6.32. The van der Waals surface area contributed by atoms with E-state index in [2.05, 4.69) is 0 Å². The van der Waals surface area contributed by atoms with Crippen LogP contribution in [0.4, 0.5) is 13.2 Å². The second-order valence-electron chi connectivity index (χ2n) is 7.01. The van der Waals surface area contributed by atoms with E-state index in [4.69, 9.17) is 21.1 Å². The predicted molar refractivity (Wildman–Crippen MR) is 84.6 cm³/mol. The molecule has 1 unspecified atom stereocenters. The SMILES string of the molecule is Cc1c(OCC(C)(C)C)c(Cl)cc2c1OC(C(F)(F)F)C(C(=O)[O-])=C2. The highest BCUT2D eigenvalue weighted by atomic mass is 35.5. The fraction of sp³-hybridized carbons (Fsp3) is 0.471. The largest absolute Gasteiger partial charge is 0.545 e. The van der Waals surface area contributed by atoms with Crippen molar-refractivity contribution in [2.24, 2.45) is 5.41 Å². The Morgan fingerprint density at radius 2 is 1.96 bits per heavy atom. The quantitative estimate of drug-likeness (QED) is 0.808. The Morgan fingerprint density at radius 3 is 2.44 bits per heavy atom. The van der Waals surface area contributed by atoms with E-state index in [0.717, 1.165) is 6.08 Å². The maximum Gasteiger partial charge on any atom is 0.429 e. The van der Waals surface area contributed by atoms with Crippen LogP contribution in [0.25, 0.3) is 6.08 Å². The van der Waals surface area contributed by atoms with Gasteiger partial charge in [0.2, 0.25) is 6.10 Å². The summed E-state index contributed by atoms with van der Waals surface area (Å²) in [5.41, 5.74) is -0.790. The van der Waals surface area contributed by atoms with Gasteiger partial charge in [-0.25, -0.2) is 0 Å². The molecule has 1 heterocycles. The zero-order chi connectivity index (χ0) is 19.2. The molecule has 0 aromatic heterocycles. The van der Waals surface area contributed by atoms with Gasteiger partial charge < -0.3 is 19.4 Å². The number of rotatable bonds is 3. The van der Waals surface area contributed by atoms with Gasteiger partial charge in [0.1, 0.15) is 11.5 Å². The number of carbonyl (C=O) groups excluding carboxylic acids is 1. The van der Waals surface area contributed by atoms with Crippen LogP contribution in [-0.2, 0) is 4.79 Å². The van der Waals surface area contributed by atoms with Crippen molar-refractivity contribution in [2.75, 3.05) is 6.61 Å². The van der Waals surface area contributed by atoms with Crippen LogP contribution in [0, 0.1) is 12.3 Å². The Morgan fingerprint density at radius 1 is 1.36 bits per heavy atom. The van der Waals surface area contributed by atoms with Crippen molar-refractivity contribution >= 4 is 23.6 Å². The minimum atomic E-state index is -4.90. The topological polar surface area (TPSA) is 58.6 Å². The van der Waals surface area contributed by atoms with E-state index in [-0.39, 0.29) is 39.7 Å². The Bertz CT molecular complexity index is 733. The summed E-state index contributed by atoms with van der Waals surface area (Å²) in [6.45, 7) is 7.59. The van der Waals surface area contributed by atoms with Crippen molar-refractivity contribution in [3.63, 3.8) is 0 Å². The summed E-state index contributed by atoms with van der Waals surface area (Å²) < 4.78 is 50.1. The number of carboxylic acid groups (broad SMARTS) is 1. The molecule has 1 aromatic carbocycles. The summed E-state index contributed by atoms with van der Waals surface area (Å²) in [5, 5.41) is 11.2. The van der Waals surface area contributed by atoms with Gasteiger partial charge >= 0.3 is 6.18 Å². The molecule has 8 heteroatoms. The molecule has 0 N–H and O–H groups in total. The second kappa shape index (κ2) is 6.44. The number of alkyl halides is 3. The van der Waals surface area contributed by atoms with Gasteiger partial charge in [-0.3, -0.25) is 0 Å². The number of fused-ring (bicyclic) bond motifs is 1. The zero-order valence-electron chi connectivity index (χ0n) is 14.1. The molecule has 0 aliphatic carbocycles. The molecule has 0 saturated carbocycles. The van der Waals surface area contributed by atoms with Gasteiger partial charge in [-0.1, -0.05) is 32.4 Å². The minimum absolute atomic E-state index is 0.111. The van der Waals surface area contributed by atoms with Crippen molar-refractivity contribution in [3.05, 3.63) is 27.8 Å². The lowest BCUT2D eigenvalue weighted by molar-refractivity contribution is -0.302. The van der Waals surface area contributed by atoms with Crippen molar-refractivity contribution in [1.29, 1.82) is 0 Å². The van der Waals surface area contributed by atoms with Crippen LogP contribution >= 0.6 is 11.6 Å². The number of carbonyl (C=O) groups is 1. The van der Waals surface area contributed by atoms with Crippen LogP contribution in [0.15, 0.2) is 11.6 Å². The molecule has 0 saturated heterocycles. The first-order valence-corrected chi connectivity index (χ1v) is 7.81. The van der Waals surface area contributed by atoms with Crippen LogP contribution in [0.2, 0.25) is 5.02 Å². The normalized spacial score (nSPS) is 17.4. The number of halogens is 4. The Kier molecular flexibility index (Phi) is 5.01. The molecule has 1 aromatic rings. The monoisotopic (exact) mass is 377 g/mol. The third-order valence-corrected chi connectivity index (χ3v) is 3.73.